The van der Waals surface area contributed by atoms with Crippen molar-refractivity contribution in [2.75, 3.05) is 37.9 Å². The Balaban J connectivity index is 2.39. The first-order chi connectivity index (χ1) is 7.60. The van der Waals surface area contributed by atoms with Gasteiger partial charge in [-0.2, -0.15) is 0 Å². The first-order valence-corrected chi connectivity index (χ1v) is 7.86. The van der Waals surface area contributed by atoms with Gasteiger partial charge >= 0.3 is 0 Å². The summed E-state index contributed by atoms with van der Waals surface area (Å²) >= 11 is 5.66. The van der Waals surface area contributed by atoms with E-state index in [1.807, 2.05) is 6.92 Å². The van der Waals surface area contributed by atoms with E-state index >= 15 is 0 Å². The fraction of sp³-hybridized carbons (Fsp3) is 1.00. The highest BCUT2D eigenvalue weighted by molar-refractivity contribution is 7.89. The zero-order chi connectivity index (χ0) is 12.0. The number of alkyl halides is 1. The summed E-state index contributed by atoms with van der Waals surface area (Å²) in [7, 11) is -3.12. The lowest BCUT2D eigenvalue weighted by atomic mass is 10.1. The maximum atomic E-state index is 11.9. The molecule has 1 rings (SSSR count). The molecule has 1 unspecified atom stereocenters. The fourth-order valence-electron chi connectivity index (χ4n) is 1.88. The van der Waals surface area contributed by atoms with Crippen molar-refractivity contribution < 1.29 is 13.2 Å². The van der Waals surface area contributed by atoms with Gasteiger partial charge < -0.3 is 4.74 Å². The summed E-state index contributed by atoms with van der Waals surface area (Å²) in [6.07, 6.45) is 1.83. The van der Waals surface area contributed by atoms with Crippen molar-refractivity contribution in [2.24, 2.45) is 5.92 Å². The molecule has 0 spiro atoms. The van der Waals surface area contributed by atoms with E-state index in [1.165, 1.54) is 0 Å². The second-order valence-corrected chi connectivity index (χ2v) is 6.47. The van der Waals surface area contributed by atoms with Crippen LogP contribution in [0.2, 0.25) is 0 Å². The Morgan fingerprint density at radius 1 is 1.50 bits per heavy atom. The van der Waals surface area contributed by atoms with Gasteiger partial charge in [0.25, 0.3) is 0 Å². The Kier molecular flexibility index (Phi) is 6.03. The average Bonchev–Trinajstić information content (AvgIpc) is 2.68. The van der Waals surface area contributed by atoms with Gasteiger partial charge in [-0.25, -0.2) is 12.7 Å². The lowest BCUT2D eigenvalue weighted by Gasteiger charge is -2.16. The third-order valence-electron chi connectivity index (χ3n) is 2.85. The summed E-state index contributed by atoms with van der Waals surface area (Å²) in [6, 6.07) is 0. The van der Waals surface area contributed by atoms with E-state index in [0.29, 0.717) is 31.5 Å². The number of halogens is 1. The zero-order valence-corrected chi connectivity index (χ0v) is 11.3. The van der Waals surface area contributed by atoms with E-state index in [1.54, 1.807) is 4.31 Å². The summed E-state index contributed by atoms with van der Waals surface area (Å²) in [5, 5.41) is 0. The molecule has 1 heterocycles. The van der Waals surface area contributed by atoms with Crippen molar-refractivity contribution in [3.8, 4) is 0 Å². The molecule has 16 heavy (non-hydrogen) atoms. The maximum Gasteiger partial charge on any atom is 0.216 e. The molecule has 0 bridgehead atoms. The van der Waals surface area contributed by atoms with Crippen LogP contribution in [0.1, 0.15) is 19.8 Å². The monoisotopic (exact) mass is 269 g/mol. The van der Waals surface area contributed by atoms with Crippen molar-refractivity contribution in [3.05, 3.63) is 0 Å². The summed E-state index contributed by atoms with van der Waals surface area (Å²) in [4.78, 5) is 0. The Morgan fingerprint density at radius 3 is 2.88 bits per heavy atom. The van der Waals surface area contributed by atoms with Crippen LogP contribution in [0.25, 0.3) is 0 Å². The fourth-order valence-corrected chi connectivity index (χ4v) is 3.59. The Labute approximate surface area is 103 Å². The van der Waals surface area contributed by atoms with Crippen LogP contribution in [0.4, 0.5) is 0 Å². The molecule has 1 saturated heterocycles. The van der Waals surface area contributed by atoms with Gasteiger partial charge in [-0.05, 0) is 25.7 Å². The van der Waals surface area contributed by atoms with Gasteiger partial charge in [-0.15, -0.1) is 11.6 Å². The maximum absolute atomic E-state index is 11.9. The molecule has 1 aliphatic heterocycles. The topological polar surface area (TPSA) is 46.6 Å². The molecule has 0 amide bonds. The van der Waals surface area contributed by atoms with Crippen molar-refractivity contribution in [3.63, 3.8) is 0 Å². The first-order valence-electron chi connectivity index (χ1n) is 5.71. The molecule has 0 saturated carbocycles. The van der Waals surface area contributed by atoms with Gasteiger partial charge in [0.15, 0.2) is 0 Å². The molecular weight excluding hydrogens is 250 g/mol. The largest absolute Gasteiger partial charge is 0.381 e. The zero-order valence-electron chi connectivity index (χ0n) is 9.69. The third kappa shape index (κ3) is 4.20. The summed E-state index contributed by atoms with van der Waals surface area (Å²) in [6.45, 7) is 3.97. The Hall–Kier alpha value is 0.160. The SMILES string of the molecule is CCOCCS(=O)(=O)N1CCC(CCCl)C1. The second kappa shape index (κ2) is 6.79. The number of rotatable bonds is 7. The van der Waals surface area contributed by atoms with Crippen LogP contribution in [0.5, 0.6) is 0 Å². The van der Waals surface area contributed by atoms with Gasteiger partial charge in [-0.1, -0.05) is 0 Å². The molecule has 0 N–H and O–H groups in total. The van der Waals surface area contributed by atoms with E-state index in [4.69, 9.17) is 16.3 Å². The molecule has 0 aromatic carbocycles. The van der Waals surface area contributed by atoms with Crippen LogP contribution >= 0.6 is 11.6 Å². The van der Waals surface area contributed by atoms with Crippen molar-refractivity contribution in [1.82, 2.24) is 4.31 Å². The van der Waals surface area contributed by atoms with Crippen LogP contribution < -0.4 is 0 Å². The highest BCUT2D eigenvalue weighted by atomic mass is 35.5. The van der Waals surface area contributed by atoms with Crippen LogP contribution in [-0.2, 0) is 14.8 Å². The predicted octanol–water partition coefficient (Wildman–Crippen LogP) is 1.30. The summed E-state index contributed by atoms with van der Waals surface area (Å²) in [5.41, 5.74) is 0. The Morgan fingerprint density at radius 2 is 2.25 bits per heavy atom. The lowest BCUT2D eigenvalue weighted by Crippen LogP contribution is -2.32. The number of sulfonamides is 1. The average molecular weight is 270 g/mol. The number of hydrogen-bond acceptors (Lipinski definition) is 3. The van der Waals surface area contributed by atoms with E-state index in [0.717, 1.165) is 12.8 Å². The Bertz CT molecular complexity index is 294. The predicted molar refractivity (Wildman–Crippen MR) is 65.3 cm³/mol. The molecule has 0 aromatic rings. The highest BCUT2D eigenvalue weighted by Crippen LogP contribution is 2.22. The van der Waals surface area contributed by atoms with Gasteiger partial charge in [0, 0.05) is 25.6 Å². The minimum atomic E-state index is -3.12. The number of hydrogen-bond donors (Lipinski definition) is 0. The molecule has 0 radical (unpaired) electrons. The van der Waals surface area contributed by atoms with Gasteiger partial charge in [0.05, 0.1) is 12.4 Å². The highest BCUT2D eigenvalue weighted by Gasteiger charge is 2.30. The summed E-state index contributed by atoms with van der Waals surface area (Å²) < 4.78 is 30.4. The van der Waals surface area contributed by atoms with Crippen LogP contribution in [0, 0.1) is 5.92 Å². The normalized spacial score (nSPS) is 22.8. The third-order valence-corrected chi connectivity index (χ3v) is 4.87. The molecule has 1 aliphatic rings. The molecule has 6 heteroatoms. The van der Waals surface area contributed by atoms with Gasteiger partial charge in [0.2, 0.25) is 10.0 Å². The lowest BCUT2D eigenvalue weighted by molar-refractivity contribution is 0.162. The van der Waals surface area contributed by atoms with Crippen molar-refractivity contribution in [1.29, 1.82) is 0 Å². The van der Waals surface area contributed by atoms with E-state index in [9.17, 15) is 8.42 Å². The molecule has 0 aromatic heterocycles. The first kappa shape index (κ1) is 14.2. The van der Waals surface area contributed by atoms with Crippen LogP contribution in [0.15, 0.2) is 0 Å². The molecule has 4 nitrogen and oxygen atoms in total. The van der Waals surface area contributed by atoms with Crippen LogP contribution in [-0.4, -0.2) is 50.7 Å². The van der Waals surface area contributed by atoms with Crippen LogP contribution in [0.3, 0.4) is 0 Å². The minimum absolute atomic E-state index is 0.0917. The molecule has 96 valence electrons. The van der Waals surface area contributed by atoms with Gasteiger partial charge in [-0.3, -0.25) is 0 Å². The van der Waals surface area contributed by atoms with E-state index < -0.39 is 10.0 Å². The molecule has 0 aliphatic carbocycles. The number of nitrogens with zero attached hydrogens (tertiary/aromatic N) is 1. The van der Waals surface area contributed by atoms with E-state index in [-0.39, 0.29) is 12.4 Å². The summed E-state index contributed by atoms with van der Waals surface area (Å²) in [5.74, 6) is 1.13. The molecule has 1 fully saturated rings. The van der Waals surface area contributed by atoms with Gasteiger partial charge in [0.1, 0.15) is 0 Å². The van der Waals surface area contributed by atoms with E-state index in [2.05, 4.69) is 0 Å². The second-order valence-electron chi connectivity index (χ2n) is 4.00. The molecular formula is C10H20ClNO3S. The molecule has 1 atom stereocenters. The minimum Gasteiger partial charge on any atom is -0.381 e. The van der Waals surface area contributed by atoms with Crippen molar-refractivity contribution >= 4 is 21.6 Å². The smallest absolute Gasteiger partial charge is 0.216 e. The quantitative estimate of drug-likeness (QED) is 0.517. The van der Waals surface area contributed by atoms with Crippen molar-refractivity contribution in [2.45, 2.75) is 19.8 Å². The standard InChI is InChI=1S/C10H20ClNO3S/c1-2-15-7-8-16(13,14)12-6-4-10(9-12)3-5-11/h10H,2-9H2,1H3. The number of ether oxygens (including phenoxy) is 1.